The number of benzene rings is 1. The summed E-state index contributed by atoms with van der Waals surface area (Å²) in [7, 11) is 2.03. The molecule has 1 aliphatic rings. The molecule has 2 unspecified atom stereocenters. The first-order valence-electron chi connectivity index (χ1n) is 6.20. The fourth-order valence-corrected chi connectivity index (χ4v) is 2.28. The third-order valence-corrected chi connectivity index (χ3v) is 3.48. The van der Waals surface area contributed by atoms with Gasteiger partial charge in [0.2, 0.25) is 0 Å². The summed E-state index contributed by atoms with van der Waals surface area (Å²) in [5.74, 6) is 1.70. The second kappa shape index (κ2) is 5.35. The predicted molar refractivity (Wildman–Crippen MR) is 67.1 cm³/mol. The largest absolute Gasteiger partial charge is 0.493 e. The molecule has 2 atom stereocenters. The highest BCUT2D eigenvalue weighted by molar-refractivity contribution is 5.39. The molecule has 0 fully saturated rings. The van der Waals surface area contributed by atoms with E-state index in [0.717, 1.165) is 12.4 Å². The molecule has 88 valence electrons. The summed E-state index contributed by atoms with van der Waals surface area (Å²) in [6.45, 7) is 3.10. The molecule has 0 saturated carbocycles. The Morgan fingerprint density at radius 1 is 1.44 bits per heavy atom. The van der Waals surface area contributed by atoms with E-state index in [2.05, 4.69) is 30.4 Å². The number of ether oxygens (including phenoxy) is 1. The molecular formula is C14H21NO. The topological polar surface area (TPSA) is 21.3 Å². The molecule has 2 rings (SSSR count). The summed E-state index contributed by atoms with van der Waals surface area (Å²) in [5, 5.41) is 3.28. The van der Waals surface area contributed by atoms with Crippen molar-refractivity contribution in [2.75, 3.05) is 13.7 Å². The Labute approximate surface area is 98.0 Å². The predicted octanol–water partition coefficient (Wildman–Crippen LogP) is 2.94. The molecular weight excluding hydrogens is 198 g/mol. The van der Waals surface area contributed by atoms with Gasteiger partial charge in [0.15, 0.2) is 0 Å². The maximum absolute atomic E-state index is 5.68. The minimum Gasteiger partial charge on any atom is -0.493 e. The molecule has 1 aromatic rings. The van der Waals surface area contributed by atoms with Crippen molar-refractivity contribution >= 4 is 0 Å². The van der Waals surface area contributed by atoms with Gasteiger partial charge in [0.1, 0.15) is 5.75 Å². The standard InChI is InChI=1S/C14H21NO/c1-11(15-2)6-5-7-12-10-16-14-9-4-3-8-13(12)14/h3-4,8-9,11-12,15H,5-7,10H2,1-2H3. The van der Waals surface area contributed by atoms with E-state index in [1.54, 1.807) is 0 Å². The maximum atomic E-state index is 5.68. The molecule has 1 heterocycles. The van der Waals surface area contributed by atoms with Crippen LogP contribution in [0.3, 0.4) is 0 Å². The minimum atomic E-state index is 0.611. The maximum Gasteiger partial charge on any atom is 0.122 e. The van der Waals surface area contributed by atoms with Crippen LogP contribution in [0.25, 0.3) is 0 Å². The summed E-state index contributed by atoms with van der Waals surface area (Å²) in [6.07, 6.45) is 3.75. The second-order valence-corrected chi connectivity index (χ2v) is 4.67. The van der Waals surface area contributed by atoms with Crippen LogP contribution in [0, 0.1) is 0 Å². The second-order valence-electron chi connectivity index (χ2n) is 4.67. The highest BCUT2D eigenvalue weighted by Crippen LogP contribution is 2.36. The van der Waals surface area contributed by atoms with E-state index in [4.69, 9.17) is 4.74 Å². The van der Waals surface area contributed by atoms with Crippen molar-refractivity contribution in [2.45, 2.75) is 38.1 Å². The number of nitrogens with one attached hydrogen (secondary N) is 1. The van der Waals surface area contributed by atoms with Crippen LogP contribution in [0.5, 0.6) is 5.75 Å². The summed E-state index contributed by atoms with van der Waals surface area (Å²) >= 11 is 0. The van der Waals surface area contributed by atoms with Gasteiger partial charge < -0.3 is 10.1 Å². The zero-order chi connectivity index (χ0) is 11.4. The van der Waals surface area contributed by atoms with E-state index in [-0.39, 0.29) is 0 Å². The van der Waals surface area contributed by atoms with Gasteiger partial charge in [-0.25, -0.2) is 0 Å². The molecule has 0 amide bonds. The molecule has 0 radical (unpaired) electrons. The number of fused-ring (bicyclic) bond motifs is 1. The van der Waals surface area contributed by atoms with Gasteiger partial charge in [-0.3, -0.25) is 0 Å². The van der Waals surface area contributed by atoms with Gasteiger partial charge in [-0.2, -0.15) is 0 Å². The zero-order valence-electron chi connectivity index (χ0n) is 10.2. The number of hydrogen-bond donors (Lipinski definition) is 1. The number of para-hydroxylation sites is 1. The third kappa shape index (κ3) is 2.56. The molecule has 0 bridgehead atoms. The van der Waals surface area contributed by atoms with Gasteiger partial charge in [-0.05, 0) is 32.9 Å². The molecule has 1 aromatic carbocycles. The lowest BCUT2D eigenvalue weighted by Gasteiger charge is -2.12. The lowest BCUT2D eigenvalue weighted by Crippen LogP contribution is -2.20. The number of rotatable bonds is 5. The highest BCUT2D eigenvalue weighted by Gasteiger charge is 2.22. The first-order valence-corrected chi connectivity index (χ1v) is 6.20. The van der Waals surface area contributed by atoms with E-state index in [0.29, 0.717) is 12.0 Å². The van der Waals surface area contributed by atoms with Crippen LogP contribution in [0.15, 0.2) is 24.3 Å². The van der Waals surface area contributed by atoms with Gasteiger partial charge in [-0.15, -0.1) is 0 Å². The van der Waals surface area contributed by atoms with Gasteiger partial charge in [-0.1, -0.05) is 24.6 Å². The van der Waals surface area contributed by atoms with Gasteiger partial charge >= 0.3 is 0 Å². The summed E-state index contributed by atoms with van der Waals surface area (Å²) in [5.41, 5.74) is 1.40. The Morgan fingerprint density at radius 3 is 3.06 bits per heavy atom. The van der Waals surface area contributed by atoms with Crippen molar-refractivity contribution in [1.29, 1.82) is 0 Å². The lowest BCUT2D eigenvalue weighted by atomic mass is 9.95. The van der Waals surface area contributed by atoms with Crippen LogP contribution < -0.4 is 10.1 Å². The molecule has 2 heteroatoms. The Morgan fingerprint density at radius 2 is 2.25 bits per heavy atom. The molecule has 0 spiro atoms. The molecule has 2 nitrogen and oxygen atoms in total. The van der Waals surface area contributed by atoms with E-state index >= 15 is 0 Å². The van der Waals surface area contributed by atoms with Crippen molar-refractivity contribution in [3.05, 3.63) is 29.8 Å². The molecule has 0 saturated heterocycles. The van der Waals surface area contributed by atoms with Crippen LogP contribution in [0.1, 0.15) is 37.7 Å². The molecule has 1 N–H and O–H groups in total. The molecule has 16 heavy (non-hydrogen) atoms. The fourth-order valence-electron chi connectivity index (χ4n) is 2.28. The Bertz CT molecular complexity index is 337. The van der Waals surface area contributed by atoms with E-state index < -0.39 is 0 Å². The quantitative estimate of drug-likeness (QED) is 0.822. The molecule has 0 aromatic heterocycles. The smallest absolute Gasteiger partial charge is 0.122 e. The van der Waals surface area contributed by atoms with Crippen molar-refractivity contribution < 1.29 is 4.74 Å². The monoisotopic (exact) mass is 219 g/mol. The summed E-state index contributed by atoms with van der Waals surface area (Å²) in [4.78, 5) is 0. The van der Waals surface area contributed by atoms with Crippen molar-refractivity contribution in [2.24, 2.45) is 0 Å². The van der Waals surface area contributed by atoms with E-state index in [9.17, 15) is 0 Å². The molecule has 0 aliphatic carbocycles. The SMILES string of the molecule is CNC(C)CCCC1COc2ccccc21. The fraction of sp³-hybridized carbons (Fsp3) is 0.571. The molecule has 1 aliphatic heterocycles. The van der Waals surface area contributed by atoms with Crippen LogP contribution in [0.2, 0.25) is 0 Å². The van der Waals surface area contributed by atoms with Crippen LogP contribution in [0.4, 0.5) is 0 Å². The summed E-state index contributed by atoms with van der Waals surface area (Å²) < 4.78 is 5.68. The van der Waals surface area contributed by atoms with Crippen LogP contribution in [-0.4, -0.2) is 19.7 Å². The average Bonchev–Trinajstić information content (AvgIpc) is 2.73. The Kier molecular flexibility index (Phi) is 3.83. The van der Waals surface area contributed by atoms with E-state index in [1.807, 2.05) is 13.1 Å². The first kappa shape index (κ1) is 11.5. The summed E-state index contributed by atoms with van der Waals surface area (Å²) in [6, 6.07) is 9.05. The van der Waals surface area contributed by atoms with Crippen molar-refractivity contribution in [3.63, 3.8) is 0 Å². The van der Waals surface area contributed by atoms with Gasteiger partial charge in [0, 0.05) is 17.5 Å². The zero-order valence-corrected chi connectivity index (χ0v) is 10.2. The third-order valence-electron chi connectivity index (χ3n) is 3.48. The van der Waals surface area contributed by atoms with E-state index in [1.165, 1.54) is 24.8 Å². The first-order chi connectivity index (χ1) is 7.81. The normalized spacial score (nSPS) is 20.2. The lowest BCUT2D eigenvalue weighted by molar-refractivity contribution is 0.320. The van der Waals surface area contributed by atoms with Gasteiger partial charge in [0.05, 0.1) is 6.61 Å². The Hall–Kier alpha value is -1.02. The highest BCUT2D eigenvalue weighted by atomic mass is 16.5. The van der Waals surface area contributed by atoms with Crippen LogP contribution in [-0.2, 0) is 0 Å². The Balaban J connectivity index is 1.84. The average molecular weight is 219 g/mol. The van der Waals surface area contributed by atoms with Gasteiger partial charge in [0.25, 0.3) is 0 Å². The van der Waals surface area contributed by atoms with Crippen LogP contribution >= 0.6 is 0 Å². The minimum absolute atomic E-state index is 0.611. The number of hydrogen-bond acceptors (Lipinski definition) is 2. The van der Waals surface area contributed by atoms with Crippen molar-refractivity contribution in [3.8, 4) is 5.75 Å². The van der Waals surface area contributed by atoms with Crippen molar-refractivity contribution in [1.82, 2.24) is 5.32 Å².